The fraction of sp³-hybridized carbons (Fsp3) is 0.353. The number of ether oxygens (including phenoxy) is 3. The minimum atomic E-state index is -0.651. The molecular weight excluding hydrogens is 473 g/mol. The fourth-order valence-electron chi connectivity index (χ4n) is 2.15. The van der Waals surface area contributed by atoms with Gasteiger partial charge in [-0.2, -0.15) is 0 Å². The Bertz CT molecular complexity index is 764. The van der Waals surface area contributed by atoms with E-state index in [9.17, 15) is 14.4 Å². The zero-order valence-electron chi connectivity index (χ0n) is 14.5. The van der Waals surface area contributed by atoms with E-state index in [4.69, 9.17) is 9.47 Å². The lowest BCUT2D eigenvalue weighted by Crippen LogP contribution is -2.34. The summed E-state index contributed by atoms with van der Waals surface area (Å²) in [5, 5.41) is -0.504. The first-order valence-corrected chi connectivity index (χ1v) is 9.63. The van der Waals surface area contributed by atoms with Crippen LogP contribution in [0.4, 0.5) is 4.79 Å². The van der Waals surface area contributed by atoms with Gasteiger partial charge in [0.05, 0.1) is 29.3 Å². The number of rotatable bonds is 7. The molecule has 0 aliphatic carbocycles. The Hall–Kier alpha value is -1.75. The molecule has 1 aliphatic rings. The summed E-state index contributed by atoms with van der Waals surface area (Å²) >= 11 is 2.91. The van der Waals surface area contributed by atoms with Crippen molar-refractivity contribution in [1.82, 2.24) is 4.90 Å². The number of hydrogen-bond donors (Lipinski definition) is 0. The van der Waals surface area contributed by atoms with Crippen LogP contribution in [-0.4, -0.2) is 49.4 Å². The summed E-state index contributed by atoms with van der Waals surface area (Å²) in [5.74, 6) is 0.0177. The number of amides is 2. The molecule has 7 nitrogen and oxygen atoms in total. The molecule has 1 aromatic carbocycles. The summed E-state index contributed by atoms with van der Waals surface area (Å²) in [4.78, 5) is 36.8. The smallest absolute Gasteiger partial charge is 0.325 e. The Labute approximate surface area is 169 Å². The molecule has 1 aromatic rings. The first-order valence-electron chi connectivity index (χ1n) is 7.73. The first kappa shape index (κ1) is 20.6. The molecule has 1 fully saturated rings. The van der Waals surface area contributed by atoms with Gasteiger partial charge in [0.1, 0.15) is 6.54 Å². The molecule has 0 N–H and O–H groups in total. The number of esters is 1. The van der Waals surface area contributed by atoms with Crippen molar-refractivity contribution in [3.8, 4) is 11.5 Å². The Balaban J connectivity index is 2.29. The summed E-state index contributed by atoms with van der Waals surface area (Å²) in [5.41, 5.74) is 0.693. The molecule has 0 atom stereocenters. The Kier molecular flexibility index (Phi) is 7.33. The second kappa shape index (κ2) is 9.26. The molecular formula is C17H18INO6S. The molecule has 0 aromatic heterocycles. The standard InChI is InChI=1S/C17H18INO6S/c1-4-5-25-15-11(18)6-10(7-12(15)23-2)8-13-16(21)19(17(22)26-13)9-14(20)24-3/h6-8H,4-5,9H2,1-3H3/b13-8-. The maximum atomic E-state index is 12.4. The van der Waals surface area contributed by atoms with Crippen molar-refractivity contribution in [2.45, 2.75) is 13.3 Å². The zero-order valence-corrected chi connectivity index (χ0v) is 17.5. The number of carbonyl (C=O) groups is 3. The van der Waals surface area contributed by atoms with E-state index in [1.54, 1.807) is 12.1 Å². The molecule has 1 aliphatic heterocycles. The second-order valence-electron chi connectivity index (χ2n) is 5.23. The highest BCUT2D eigenvalue weighted by molar-refractivity contribution is 14.1. The minimum absolute atomic E-state index is 0.235. The maximum Gasteiger partial charge on any atom is 0.325 e. The van der Waals surface area contributed by atoms with E-state index in [0.717, 1.165) is 26.7 Å². The van der Waals surface area contributed by atoms with Gasteiger partial charge in [0.25, 0.3) is 11.1 Å². The quantitative estimate of drug-likeness (QED) is 0.329. The van der Waals surface area contributed by atoms with E-state index in [2.05, 4.69) is 27.3 Å². The van der Waals surface area contributed by atoms with Crippen LogP contribution in [0.5, 0.6) is 11.5 Å². The van der Waals surface area contributed by atoms with Crippen molar-refractivity contribution in [3.05, 3.63) is 26.2 Å². The average molecular weight is 491 g/mol. The van der Waals surface area contributed by atoms with Crippen LogP contribution in [0.25, 0.3) is 6.08 Å². The normalized spacial score (nSPS) is 15.5. The predicted molar refractivity (Wildman–Crippen MR) is 106 cm³/mol. The predicted octanol–water partition coefficient (Wildman–Crippen LogP) is 3.30. The topological polar surface area (TPSA) is 82.1 Å². The number of imide groups is 1. The lowest BCUT2D eigenvalue weighted by atomic mass is 10.2. The number of halogens is 1. The number of carbonyl (C=O) groups excluding carboxylic acids is 3. The highest BCUT2D eigenvalue weighted by Crippen LogP contribution is 2.37. The van der Waals surface area contributed by atoms with Crippen LogP contribution < -0.4 is 9.47 Å². The number of thioether (sulfide) groups is 1. The van der Waals surface area contributed by atoms with Gasteiger partial charge in [0, 0.05) is 0 Å². The van der Waals surface area contributed by atoms with Crippen LogP contribution in [0.1, 0.15) is 18.9 Å². The average Bonchev–Trinajstić information content (AvgIpc) is 2.87. The van der Waals surface area contributed by atoms with Crippen LogP contribution in [0.2, 0.25) is 0 Å². The van der Waals surface area contributed by atoms with E-state index in [1.165, 1.54) is 14.2 Å². The second-order valence-corrected chi connectivity index (χ2v) is 7.38. The monoisotopic (exact) mass is 491 g/mol. The largest absolute Gasteiger partial charge is 0.493 e. The molecule has 9 heteroatoms. The van der Waals surface area contributed by atoms with Crippen molar-refractivity contribution in [2.75, 3.05) is 27.4 Å². The fourth-order valence-corrected chi connectivity index (χ4v) is 3.77. The van der Waals surface area contributed by atoms with Gasteiger partial charge in [-0.1, -0.05) is 6.92 Å². The number of benzene rings is 1. The van der Waals surface area contributed by atoms with Crippen molar-refractivity contribution in [1.29, 1.82) is 0 Å². The van der Waals surface area contributed by atoms with Gasteiger partial charge in [-0.3, -0.25) is 19.3 Å². The van der Waals surface area contributed by atoms with Gasteiger partial charge in [-0.15, -0.1) is 0 Å². The van der Waals surface area contributed by atoms with Crippen LogP contribution in [0.15, 0.2) is 17.0 Å². The summed E-state index contributed by atoms with van der Waals surface area (Å²) in [6.45, 7) is 2.18. The van der Waals surface area contributed by atoms with E-state index in [-0.39, 0.29) is 4.91 Å². The van der Waals surface area contributed by atoms with Gasteiger partial charge < -0.3 is 14.2 Å². The molecule has 0 spiro atoms. The highest BCUT2D eigenvalue weighted by Gasteiger charge is 2.36. The van der Waals surface area contributed by atoms with Gasteiger partial charge >= 0.3 is 5.97 Å². The molecule has 0 radical (unpaired) electrons. The third-order valence-electron chi connectivity index (χ3n) is 3.39. The summed E-state index contributed by atoms with van der Waals surface area (Å²) in [7, 11) is 2.74. The minimum Gasteiger partial charge on any atom is -0.493 e. The third kappa shape index (κ3) is 4.70. The van der Waals surface area contributed by atoms with Gasteiger partial charge in [-0.05, 0) is 64.5 Å². The van der Waals surface area contributed by atoms with Gasteiger partial charge in [0.15, 0.2) is 11.5 Å². The van der Waals surface area contributed by atoms with Crippen molar-refractivity contribution >= 4 is 57.5 Å². The van der Waals surface area contributed by atoms with Crippen LogP contribution in [0, 0.1) is 3.57 Å². The van der Waals surface area contributed by atoms with Gasteiger partial charge in [0.2, 0.25) is 0 Å². The highest BCUT2D eigenvalue weighted by atomic mass is 127. The summed E-state index contributed by atoms with van der Waals surface area (Å²) in [6, 6.07) is 3.57. The number of methoxy groups -OCH3 is 2. The summed E-state index contributed by atoms with van der Waals surface area (Å²) < 4.78 is 16.4. The molecule has 2 amide bonds. The molecule has 0 unspecified atom stereocenters. The van der Waals surface area contributed by atoms with Crippen molar-refractivity contribution < 1.29 is 28.6 Å². The zero-order chi connectivity index (χ0) is 19.3. The Morgan fingerprint density at radius 3 is 2.65 bits per heavy atom. The molecule has 26 heavy (non-hydrogen) atoms. The molecule has 1 saturated heterocycles. The molecule has 2 rings (SSSR count). The Morgan fingerprint density at radius 1 is 1.31 bits per heavy atom. The molecule has 140 valence electrons. The number of hydrogen-bond acceptors (Lipinski definition) is 7. The lowest BCUT2D eigenvalue weighted by Gasteiger charge is -2.13. The van der Waals surface area contributed by atoms with Crippen LogP contribution >= 0.6 is 34.4 Å². The lowest BCUT2D eigenvalue weighted by molar-refractivity contribution is -0.143. The summed E-state index contributed by atoms with van der Waals surface area (Å²) in [6.07, 6.45) is 2.46. The van der Waals surface area contributed by atoms with E-state index in [0.29, 0.717) is 23.7 Å². The Morgan fingerprint density at radius 2 is 2.04 bits per heavy atom. The number of nitrogens with zero attached hydrogens (tertiary/aromatic N) is 1. The first-order chi connectivity index (χ1) is 12.4. The van der Waals surface area contributed by atoms with E-state index in [1.807, 2.05) is 13.0 Å². The van der Waals surface area contributed by atoms with E-state index < -0.39 is 23.7 Å². The molecule has 1 heterocycles. The van der Waals surface area contributed by atoms with Crippen molar-refractivity contribution in [2.24, 2.45) is 0 Å². The molecule has 0 bridgehead atoms. The maximum absolute atomic E-state index is 12.4. The van der Waals surface area contributed by atoms with E-state index >= 15 is 0 Å². The van der Waals surface area contributed by atoms with Crippen molar-refractivity contribution in [3.63, 3.8) is 0 Å². The molecule has 0 saturated carbocycles. The van der Waals surface area contributed by atoms with Crippen LogP contribution in [0.3, 0.4) is 0 Å². The third-order valence-corrected chi connectivity index (χ3v) is 5.10. The van der Waals surface area contributed by atoms with Gasteiger partial charge in [-0.25, -0.2) is 0 Å². The van der Waals surface area contributed by atoms with Crippen LogP contribution in [-0.2, 0) is 14.3 Å². The SMILES string of the molecule is CCCOc1c(I)cc(/C=C2\SC(=O)N(CC(=O)OC)C2=O)cc1OC.